The summed E-state index contributed by atoms with van der Waals surface area (Å²) in [5, 5.41) is 9.12. The van der Waals surface area contributed by atoms with Crippen LogP contribution in [0.3, 0.4) is 0 Å². The minimum absolute atomic E-state index is 0.00592. The summed E-state index contributed by atoms with van der Waals surface area (Å²) in [5.41, 5.74) is -0.505. The SMILES string of the molecule is CC(C)(C)OC(=O)N(c1cc(C(=O)O)ccn1)C1CCCC1. The molecule has 120 valence electrons. The van der Waals surface area contributed by atoms with Gasteiger partial charge in [-0.05, 0) is 45.7 Å². The summed E-state index contributed by atoms with van der Waals surface area (Å²) in [6.45, 7) is 5.41. The van der Waals surface area contributed by atoms with E-state index in [-0.39, 0.29) is 11.6 Å². The van der Waals surface area contributed by atoms with Crippen LogP contribution in [0.25, 0.3) is 0 Å². The molecule has 0 radical (unpaired) electrons. The Bertz CT molecular complexity index is 560. The molecule has 2 rings (SSSR count). The van der Waals surface area contributed by atoms with Crippen molar-refractivity contribution < 1.29 is 19.4 Å². The van der Waals surface area contributed by atoms with Gasteiger partial charge in [0.15, 0.2) is 0 Å². The Hall–Kier alpha value is -2.11. The van der Waals surface area contributed by atoms with Gasteiger partial charge in [0.1, 0.15) is 11.4 Å². The summed E-state index contributed by atoms with van der Waals surface area (Å²) in [6, 6.07) is 2.84. The molecule has 0 unspecified atom stereocenters. The zero-order valence-electron chi connectivity index (χ0n) is 13.2. The van der Waals surface area contributed by atoms with Gasteiger partial charge in [0.25, 0.3) is 0 Å². The predicted molar refractivity (Wildman–Crippen MR) is 82.2 cm³/mol. The predicted octanol–water partition coefficient (Wildman–Crippen LogP) is 3.46. The summed E-state index contributed by atoms with van der Waals surface area (Å²) >= 11 is 0. The quantitative estimate of drug-likeness (QED) is 0.925. The molecule has 1 aromatic rings. The number of rotatable bonds is 3. The van der Waals surface area contributed by atoms with Gasteiger partial charge in [0.2, 0.25) is 0 Å². The smallest absolute Gasteiger partial charge is 0.416 e. The molecule has 1 saturated carbocycles. The Morgan fingerprint density at radius 3 is 2.50 bits per heavy atom. The number of carboxylic acids is 1. The molecule has 1 aromatic heterocycles. The van der Waals surface area contributed by atoms with E-state index in [9.17, 15) is 9.59 Å². The lowest BCUT2D eigenvalue weighted by Crippen LogP contribution is -2.43. The first-order valence-electron chi connectivity index (χ1n) is 7.49. The van der Waals surface area contributed by atoms with E-state index in [1.807, 2.05) is 0 Å². The molecule has 6 nitrogen and oxygen atoms in total. The molecule has 1 aliphatic rings. The molecule has 1 amide bonds. The molecule has 1 N–H and O–H groups in total. The zero-order chi connectivity index (χ0) is 16.3. The van der Waals surface area contributed by atoms with Crippen LogP contribution in [0, 0.1) is 0 Å². The second-order valence-corrected chi connectivity index (χ2v) is 6.50. The molecule has 22 heavy (non-hydrogen) atoms. The third-order valence-electron chi connectivity index (χ3n) is 3.52. The first kappa shape index (κ1) is 16.3. The van der Waals surface area contributed by atoms with Crippen LogP contribution in [0.1, 0.15) is 56.8 Å². The second-order valence-electron chi connectivity index (χ2n) is 6.50. The number of amides is 1. The summed E-state index contributed by atoms with van der Waals surface area (Å²) in [5.74, 6) is -0.708. The van der Waals surface area contributed by atoms with Gasteiger partial charge in [0, 0.05) is 12.2 Å². The summed E-state index contributed by atoms with van der Waals surface area (Å²) in [6.07, 6.45) is 4.77. The van der Waals surface area contributed by atoms with Crippen molar-refractivity contribution in [2.75, 3.05) is 4.90 Å². The van der Waals surface area contributed by atoms with E-state index >= 15 is 0 Å². The molecule has 0 aliphatic heterocycles. The lowest BCUT2D eigenvalue weighted by molar-refractivity contribution is 0.0562. The van der Waals surface area contributed by atoms with Gasteiger partial charge in [-0.3, -0.25) is 4.90 Å². The fourth-order valence-electron chi connectivity index (χ4n) is 2.59. The average molecular weight is 306 g/mol. The average Bonchev–Trinajstić information content (AvgIpc) is 2.91. The summed E-state index contributed by atoms with van der Waals surface area (Å²) in [7, 11) is 0. The topological polar surface area (TPSA) is 79.7 Å². The monoisotopic (exact) mass is 306 g/mol. The maximum atomic E-state index is 12.5. The highest BCUT2D eigenvalue weighted by Gasteiger charge is 2.32. The maximum Gasteiger partial charge on any atom is 0.416 e. The zero-order valence-corrected chi connectivity index (χ0v) is 13.2. The normalized spacial score (nSPS) is 15.6. The molecular weight excluding hydrogens is 284 g/mol. The number of aromatic nitrogens is 1. The minimum Gasteiger partial charge on any atom is -0.478 e. The standard InChI is InChI=1S/C16H22N2O4/c1-16(2,3)22-15(21)18(12-6-4-5-7-12)13-10-11(14(19)20)8-9-17-13/h8-10,12H,4-7H2,1-3H3,(H,19,20). The van der Waals surface area contributed by atoms with E-state index in [1.54, 1.807) is 20.8 Å². The number of hydrogen-bond donors (Lipinski definition) is 1. The van der Waals surface area contributed by atoms with Crippen LogP contribution < -0.4 is 4.90 Å². The van der Waals surface area contributed by atoms with Crippen molar-refractivity contribution >= 4 is 17.9 Å². The van der Waals surface area contributed by atoms with Crippen molar-refractivity contribution in [3.8, 4) is 0 Å². The van der Waals surface area contributed by atoms with Crippen LogP contribution in [-0.2, 0) is 4.74 Å². The fraction of sp³-hybridized carbons (Fsp3) is 0.562. The van der Waals surface area contributed by atoms with E-state index in [1.165, 1.54) is 23.2 Å². The number of carbonyl (C=O) groups is 2. The largest absolute Gasteiger partial charge is 0.478 e. The number of carbonyl (C=O) groups excluding carboxylic acids is 1. The Kier molecular flexibility index (Phi) is 4.68. The summed E-state index contributed by atoms with van der Waals surface area (Å²) < 4.78 is 5.47. The van der Waals surface area contributed by atoms with Gasteiger partial charge in [-0.15, -0.1) is 0 Å². The van der Waals surface area contributed by atoms with E-state index in [0.29, 0.717) is 5.82 Å². The van der Waals surface area contributed by atoms with Crippen LogP contribution in [0.15, 0.2) is 18.3 Å². The second kappa shape index (κ2) is 6.34. The van der Waals surface area contributed by atoms with Crippen molar-refractivity contribution in [3.05, 3.63) is 23.9 Å². The van der Waals surface area contributed by atoms with E-state index in [2.05, 4.69) is 4.98 Å². The molecule has 1 fully saturated rings. The number of hydrogen-bond acceptors (Lipinski definition) is 4. The van der Waals surface area contributed by atoms with Crippen molar-refractivity contribution in [3.63, 3.8) is 0 Å². The minimum atomic E-state index is -1.04. The number of nitrogens with zero attached hydrogens (tertiary/aromatic N) is 2. The van der Waals surface area contributed by atoms with Crippen LogP contribution >= 0.6 is 0 Å². The van der Waals surface area contributed by atoms with Gasteiger partial charge in [0.05, 0.1) is 5.56 Å². The third-order valence-corrected chi connectivity index (χ3v) is 3.52. The van der Waals surface area contributed by atoms with Crippen molar-refractivity contribution in [1.29, 1.82) is 0 Å². The number of aromatic carboxylic acids is 1. The van der Waals surface area contributed by atoms with Crippen LogP contribution in [0.5, 0.6) is 0 Å². The number of ether oxygens (including phenoxy) is 1. The van der Waals surface area contributed by atoms with Gasteiger partial charge >= 0.3 is 12.1 Å². The van der Waals surface area contributed by atoms with E-state index < -0.39 is 17.7 Å². The molecule has 1 heterocycles. The highest BCUT2D eigenvalue weighted by molar-refractivity contribution is 5.92. The first-order chi connectivity index (χ1) is 10.3. The molecule has 0 spiro atoms. The molecule has 0 saturated heterocycles. The molecule has 6 heteroatoms. The van der Waals surface area contributed by atoms with Gasteiger partial charge in [-0.2, -0.15) is 0 Å². The highest BCUT2D eigenvalue weighted by atomic mass is 16.6. The Morgan fingerprint density at radius 2 is 1.95 bits per heavy atom. The molecule has 0 atom stereocenters. The molecule has 0 bridgehead atoms. The number of anilines is 1. The first-order valence-corrected chi connectivity index (χ1v) is 7.49. The van der Waals surface area contributed by atoms with Crippen LogP contribution in [0.4, 0.5) is 10.6 Å². The number of pyridine rings is 1. The van der Waals surface area contributed by atoms with Crippen LogP contribution in [0.2, 0.25) is 0 Å². The third kappa shape index (κ3) is 3.96. The van der Waals surface area contributed by atoms with Gasteiger partial charge in [-0.1, -0.05) is 12.8 Å². The fourth-order valence-corrected chi connectivity index (χ4v) is 2.59. The summed E-state index contributed by atoms with van der Waals surface area (Å²) in [4.78, 5) is 29.4. The van der Waals surface area contributed by atoms with Crippen molar-refractivity contribution in [2.45, 2.75) is 58.1 Å². The van der Waals surface area contributed by atoms with Gasteiger partial charge < -0.3 is 9.84 Å². The Morgan fingerprint density at radius 1 is 1.32 bits per heavy atom. The van der Waals surface area contributed by atoms with E-state index in [4.69, 9.17) is 9.84 Å². The van der Waals surface area contributed by atoms with Gasteiger partial charge in [-0.25, -0.2) is 14.6 Å². The highest BCUT2D eigenvalue weighted by Crippen LogP contribution is 2.29. The Labute approximate surface area is 130 Å². The number of carboxylic acid groups (broad SMARTS) is 1. The van der Waals surface area contributed by atoms with Crippen LogP contribution in [-0.4, -0.2) is 33.8 Å². The maximum absolute atomic E-state index is 12.5. The molecule has 0 aromatic carbocycles. The lowest BCUT2D eigenvalue weighted by atomic mass is 10.2. The van der Waals surface area contributed by atoms with E-state index in [0.717, 1.165) is 25.7 Å². The molecule has 1 aliphatic carbocycles. The van der Waals surface area contributed by atoms with Crippen molar-refractivity contribution in [1.82, 2.24) is 4.98 Å². The molecular formula is C16H22N2O4. The Balaban J connectivity index is 2.33. The van der Waals surface area contributed by atoms with Crippen molar-refractivity contribution in [2.24, 2.45) is 0 Å². The lowest BCUT2D eigenvalue weighted by Gasteiger charge is -2.30.